The van der Waals surface area contributed by atoms with Crippen molar-refractivity contribution in [3.63, 3.8) is 0 Å². The lowest BCUT2D eigenvalue weighted by Gasteiger charge is -2.15. The average Bonchev–Trinajstić information content (AvgIpc) is 2.25. The van der Waals surface area contributed by atoms with Crippen molar-refractivity contribution < 1.29 is 4.74 Å². The number of hydrogen-bond donors (Lipinski definition) is 2. The number of ether oxygens (including phenoxy) is 1. The Kier molecular flexibility index (Phi) is 2.74. The Morgan fingerprint density at radius 2 is 2.20 bits per heavy atom. The summed E-state index contributed by atoms with van der Waals surface area (Å²) in [7, 11) is 0. The third kappa shape index (κ3) is 2.19. The van der Waals surface area contributed by atoms with Crippen molar-refractivity contribution in [3.8, 4) is 5.75 Å². The van der Waals surface area contributed by atoms with E-state index >= 15 is 0 Å². The minimum Gasteiger partial charge on any atom is -0.457 e. The summed E-state index contributed by atoms with van der Waals surface area (Å²) in [4.78, 5) is 0. The molecule has 1 aliphatic rings. The molecule has 0 spiro atoms. The maximum Gasteiger partial charge on any atom is 0.136 e. The third-order valence-corrected chi connectivity index (χ3v) is 2.18. The van der Waals surface area contributed by atoms with E-state index in [9.17, 15) is 0 Å². The molecule has 0 saturated carbocycles. The Bertz CT molecular complexity index is 410. The molecule has 0 aliphatic carbocycles. The second-order valence-corrected chi connectivity index (χ2v) is 3.37. The quantitative estimate of drug-likeness (QED) is 0.787. The van der Waals surface area contributed by atoms with Crippen LogP contribution in [0, 0.1) is 0 Å². The van der Waals surface area contributed by atoms with Crippen molar-refractivity contribution in [1.82, 2.24) is 0 Å². The van der Waals surface area contributed by atoms with Gasteiger partial charge in [-0.05, 0) is 24.3 Å². The van der Waals surface area contributed by atoms with Gasteiger partial charge in [-0.1, -0.05) is 6.58 Å². The molecule has 3 N–H and O–H groups in total. The van der Waals surface area contributed by atoms with E-state index in [1.54, 1.807) is 0 Å². The SMILES string of the molecule is C=C1C=Cc2ccc(NCCN)cc2O1. The number of anilines is 1. The predicted octanol–water partition coefficient (Wildman–Crippen LogP) is 1.98. The smallest absolute Gasteiger partial charge is 0.136 e. The zero-order valence-electron chi connectivity index (χ0n) is 8.49. The Balaban J connectivity index is 2.22. The molecule has 0 radical (unpaired) electrons. The molecular weight excluding hydrogens is 188 g/mol. The summed E-state index contributed by atoms with van der Waals surface area (Å²) in [6.45, 7) is 5.13. The van der Waals surface area contributed by atoms with Crippen LogP contribution in [0.4, 0.5) is 5.69 Å². The van der Waals surface area contributed by atoms with Crippen LogP contribution in [0.15, 0.2) is 36.6 Å². The van der Waals surface area contributed by atoms with Gasteiger partial charge in [0.15, 0.2) is 0 Å². The summed E-state index contributed by atoms with van der Waals surface area (Å²) in [6, 6.07) is 5.98. The molecule has 1 aromatic rings. The topological polar surface area (TPSA) is 47.3 Å². The molecule has 0 amide bonds. The van der Waals surface area contributed by atoms with E-state index in [2.05, 4.69) is 11.9 Å². The molecule has 3 heteroatoms. The van der Waals surface area contributed by atoms with Gasteiger partial charge in [-0.3, -0.25) is 0 Å². The van der Waals surface area contributed by atoms with Gasteiger partial charge < -0.3 is 15.8 Å². The number of fused-ring (bicyclic) bond motifs is 1. The number of nitrogens with one attached hydrogen (secondary N) is 1. The zero-order valence-corrected chi connectivity index (χ0v) is 8.49. The first kappa shape index (κ1) is 9.80. The molecular formula is C12H14N2O. The normalized spacial score (nSPS) is 13.3. The van der Waals surface area contributed by atoms with Crippen LogP contribution in [-0.2, 0) is 0 Å². The van der Waals surface area contributed by atoms with Gasteiger partial charge in [-0.15, -0.1) is 0 Å². The van der Waals surface area contributed by atoms with Crippen LogP contribution in [0.2, 0.25) is 0 Å². The fraction of sp³-hybridized carbons (Fsp3) is 0.167. The van der Waals surface area contributed by atoms with E-state index in [4.69, 9.17) is 10.5 Å². The van der Waals surface area contributed by atoms with Crippen molar-refractivity contribution in [3.05, 3.63) is 42.2 Å². The highest BCUT2D eigenvalue weighted by Gasteiger charge is 2.08. The third-order valence-electron chi connectivity index (χ3n) is 2.18. The molecule has 0 saturated heterocycles. The van der Waals surface area contributed by atoms with E-state index in [1.807, 2.05) is 30.4 Å². The van der Waals surface area contributed by atoms with Crippen LogP contribution in [0.5, 0.6) is 5.75 Å². The lowest BCUT2D eigenvalue weighted by Crippen LogP contribution is -2.13. The molecule has 1 aromatic carbocycles. The Morgan fingerprint density at radius 3 is 3.00 bits per heavy atom. The molecule has 78 valence electrons. The highest BCUT2D eigenvalue weighted by atomic mass is 16.5. The minimum absolute atomic E-state index is 0.616. The number of allylic oxidation sites excluding steroid dienone is 1. The number of benzene rings is 1. The van der Waals surface area contributed by atoms with Crippen molar-refractivity contribution in [2.45, 2.75) is 0 Å². The largest absolute Gasteiger partial charge is 0.457 e. The lowest BCUT2D eigenvalue weighted by molar-refractivity contribution is 0.442. The van der Waals surface area contributed by atoms with E-state index < -0.39 is 0 Å². The first-order valence-electron chi connectivity index (χ1n) is 4.92. The monoisotopic (exact) mass is 202 g/mol. The molecule has 0 unspecified atom stereocenters. The molecule has 0 fully saturated rings. The molecule has 0 atom stereocenters. The Hall–Kier alpha value is -1.74. The molecule has 3 nitrogen and oxygen atoms in total. The second-order valence-electron chi connectivity index (χ2n) is 3.37. The molecule has 15 heavy (non-hydrogen) atoms. The summed E-state index contributed by atoms with van der Waals surface area (Å²) >= 11 is 0. The van der Waals surface area contributed by atoms with Crippen LogP contribution < -0.4 is 15.8 Å². The van der Waals surface area contributed by atoms with Crippen LogP contribution >= 0.6 is 0 Å². The molecule has 1 aliphatic heterocycles. The highest BCUT2D eigenvalue weighted by Crippen LogP contribution is 2.29. The van der Waals surface area contributed by atoms with Crippen molar-refractivity contribution in [2.24, 2.45) is 5.73 Å². The van der Waals surface area contributed by atoms with Crippen molar-refractivity contribution >= 4 is 11.8 Å². The van der Waals surface area contributed by atoms with Gasteiger partial charge in [0.25, 0.3) is 0 Å². The van der Waals surface area contributed by atoms with E-state index in [-0.39, 0.29) is 0 Å². The van der Waals surface area contributed by atoms with Crippen LogP contribution in [0.3, 0.4) is 0 Å². The van der Waals surface area contributed by atoms with E-state index in [1.165, 1.54) is 0 Å². The Morgan fingerprint density at radius 1 is 1.33 bits per heavy atom. The predicted molar refractivity (Wildman–Crippen MR) is 62.8 cm³/mol. The maximum absolute atomic E-state index is 5.50. The Labute approximate surface area is 89.2 Å². The van der Waals surface area contributed by atoms with Crippen LogP contribution in [0.1, 0.15) is 5.56 Å². The zero-order chi connectivity index (χ0) is 10.7. The van der Waals surface area contributed by atoms with Gasteiger partial charge in [0.05, 0.1) is 0 Å². The summed E-state index contributed by atoms with van der Waals surface area (Å²) in [5, 5.41) is 3.20. The summed E-state index contributed by atoms with van der Waals surface area (Å²) in [6.07, 6.45) is 3.85. The number of nitrogens with two attached hydrogens (primary N) is 1. The van der Waals surface area contributed by atoms with Gasteiger partial charge in [0.1, 0.15) is 11.5 Å². The molecule has 0 aromatic heterocycles. The van der Waals surface area contributed by atoms with E-state index in [0.717, 1.165) is 23.5 Å². The first-order valence-corrected chi connectivity index (χ1v) is 4.92. The fourth-order valence-corrected chi connectivity index (χ4v) is 1.44. The van der Waals surface area contributed by atoms with Gasteiger partial charge in [0, 0.05) is 30.4 Å². The lowest BCUT2D eigenvalue weighted by atomic mass is 10.1. The van der Waals surface area contributed by atoms with Gasteiger partial charge >= 0.3 is 0 Å². The van der Waals surface area contributed by atoms with Gasteiger partial charge in [-0.2, -0.15) is 0 Å². The summed E-state index contributed by atoms with van der Waals surface area (Å²) < 4.78 is 5.50. The first-order chi connectivity index (χ1) is 7.29. The maximum atomic E-state index is 5.50. The molecule has 2 rings (SSSR count). The standard InChI is InChI=1S/C12H14N2O/c1-9-2-3-10-4-5-11(14-7-6-13)8-12(10)15-9/h2-5,8,14H,1,6-7,13H2. The molecule has 1 heterocycles. The van der Waals surface area contributed by atoms with Crippen LogP contribution in [0.25, 0.3) is 6.08 Å². The fourth-order valence-electron chi connectivity index (χ4n) is 1.44. The summed E-state index contributed by atoms with van der Waals surface area (Å²) in [5.41, 5.74) is 7.50. The average molecular weight is 202 g/mol. The van der Waals surface area contributed by atoms with Gasteiger partial charge in [-0.25, -0.2) is 0 Å². The number of rotatable bonds is 3. The van der Waals surface area contributed by atoms with E-state index in [0.29, 0.717) is 12.3 Å². The van der Waals surface area contributed by atoms with Crippen LogP contribution in [-0.4, -0.2) is 13.1 Å². The highest BCUT2D eigenvalue weighted by molar-refractivity contribution is 5.66. The van der Waals surface area contributed by atoms with Crippen molar-refractivity contribution in [1.29, 1.82) is 0 Å². The molecule has 0 bridgehead atoms. The van der Waals surface area contributed by atoms with Gasteiger partial charge in [0.2, 0.25) is 0 Å². The number of hydrogen-bond acceptors (Lipinski definition) is 3. The van der Waals surface area contributed by atoms with Crippen molar-refractivity contribution in [2.75, 3.05) is 18.4 Å². The second kappa shape index (κ2) is 4.19. The summed E-state index contributed by atoms with van der Waals surface area (Å²) in [5.74, 6) is 1.50. The minimum atomic E-state index is 0.616.